The van der Waals surface area contributed by atoms with Gasteiger partial charge in [0.1, 0.15) is 5.60 Å². The summed E-state index contributed by atoms with van der Waals surface area (Å²) < 4.78 is 23.7. The topological polar surface area (TPSA) is 50.8 Å². The molecule has 0 fully saturated rings. The molecule has 1 aromatic rings. The van der Waals surface area contributed by atoms with Gasteiger partial charge in [0.05, 0.1) is 7.11 Å². The lowest BCUT2D eigenvalue weighted by molar-refractivity contribution is 0.0299. The van der Waals surface area contributed by atoms with Crippen molar-refractivity contribution in [2.75, 3.05) is 27.2 Å². The largest absolute Gasteiger partial charge is 0.494 e. The molecule has 6 heteroatoms. The summed E-state index contributed by atoms with van der Waals surface area (Å²) in [7, 11) is 3.14. The number of benzene rings is 1. The second-order valence-corrected chi connectivity index (χ2v) is 6.47. The third kappa shape index (κ3) is 6.44. The van der Waals surface area contributed by atoms with Gasteiger partial charge < -0.3 is 19.7 Å². The number of carbonyl (C=O) groups is 1. The first-order chi connectivity index (χ1) is 10.6. The van der Waals surface area contributed by atoms with Crippen LogP contribution in [-0.2, 0) is 4.74 Å². The number of rotatable bonds is 6. The lowest BCUT2D eigenvalue weighted by Gasteiger charge is -2.25. The zero-order chi connectivity index (χ0) is 17.6. The molecule has 0 aliphatic heterocycles. The zero-order valence-electron chi connectivity index (χ0n) is 14.8. The first-order valence-electron chi connectivity index (χ1n) is 7.65. The van der Waals surface area contributed by atoms with E-state index in [0.29, 0.717) is 13.1 Å². The molecule has 23 heavy (non-hydrogen) atoms. The van der Waals surface area contributed by atoms with Crippen molar-refractivity contribution >= 4 is 6.09 Å². The molecule has 5 nitrogen and oxygen atoms in total. The van der Waals surface area contributed by atoms with Gasteiger partial charge in [-0.15, -0.1) is 0 Å². The quantitative estimate of drug-likeness (QED) is 0.871. The number of halogens is 1. The Morgan fingerprint density at radius 2 is 2.04 bits per heavy atom. The van der Waals surface area contributed by atoms with Crippen LogP contribution in [-0.4, -0.2) is 43.8 Å². The molecule has 0 bridgehead atoms. The Morgan fingerprint density at radius 1 is 1.39 bits per heavy atom. The monoisotopic (exact) mass is 326 g/mol. The van der Waals surface area contributed by atoms with Crippen LogP contribution in [0.25, 0.3) is 0 Å². The van der Waals surface area contributed by atoms with Gasteiger partial charge in [-0.2, -0.15) is 0 Å². The standard InChI is InChI=1S/C17H27FN2O3/c1-12(13-7-8-14(18)15(11-13)22-6)19-9-10-20(5)16(21)23-17(2,3)4/h7-8,11-12,19H,9-10H2,1-6H3. The molecule has 1 atom stereocenters. The average Bonchev–Trinajstić information content (AvgIpc) is 2.45. The van der Waals surface area contributed by atoms with Gasteiger partial charge in [0, 0.05) is 26.2 Å². The number of nitrogens with one attached hydrogen (secondary N) is 1. The minimum atomic E-state index is -0.503. The second-order valence-electron chi connectivity index (χ2n) is 6.47. The van der Waals surface area contributed by atoms with Crippen molar-refractivity contribution < 1.29 is 18.7 Å². The molecule has 0 spiro atoms. The fourth-order valence-electron chi connectivity index (χ4n) is 1.94. The third-order valence-electron chi connectivity index (χ3n) is 3.28. The van der Waals surface area contributed by atoms with E-state index in [1.165, 1.54) is 18.1 Å². The normalized spacial score (nSPS) is 12.7. The Balaban J connectivity index is 2.47. The second kappa shape index (κ2) is 8.15. The number of hydrogen-bond donors (Lipinski definition) is 1. The van der Waals surface area contributed by atoms with Gasteiger partial charge >= 0.3 is 6.09 Å². The first kappa shape index (κ1) is 19.2. The summed E-state index contributed by atoms with van der Waals surface area (Å²) in [5.74, 6) is -0.157. The minimum absolute atomic E-state index is 0.0107. The number of hydrogen-bond acceptors (Lipinski definition) is 4. The predicted molar refractivity (Wildman–Crippen MR) is 88.2 cm³/mol. The van der Waals surface area contributed by atoms with E-state index in [2.05, 4.69) is 5.32 Å². The van der Waals surface area contributed by atoms with Crippen LogP contribution in [0.15, 0.2) is 18.2 Å². The summed E-state index contributed by atoms with van der Waals surface area (Å²) in [6.45, 7) is 8.58. The van der Waals surface area contributed by atoms with E-state index in [1.54, 1.807) is 19.2 Å². The molecule has 1 unspecified atom stereocenters. The zero-order valence-corrected chi connectivity index (χ0v) is 14.8. The molecule has 1 aromatic carbocycles. The van der Waals surface area contributed by atoms with Crippen molar-refractivity contribution in [3.63, 3.8) is 0 Å². The van der Waals surface area contributed by atoms with Gasteiger partial charge in [-0.1, -0.05) is 6.07 Å². The molecule has 0 aromatic heterocycles. The van der Waals surface area contributed by atoms with E-state index < -0.39 is 5.60 Å². The Bertz CT molecular complexity index is 529. The lowest BCUT2D eigenvalue weighted by Crippen LogP contribution is -2.38. The maximum atomic E-state index is 13.4. The lowest BCUT2D eigenvalue weighted by atomic mass is 10.1. The fraction of sp³-hybridized carbons (Fsp3) is 0.588. The van der Waals surface area contributed by atoms with E-state index in [-0.39, 0.29) is 23.7 Å². The highest BCUT2D eigenvalue weighted by molar-refractivity contribution is 5.67. The molecule has 0 radical (unpaired) electrons. The molecule has 0 heterocycles. The van der Waals surface area contributed by atoms with Crippen LogP contribution in [0, 0.1) is 5.82 Å². The van der Waals surface area contributed by atoms with Crippen LogP contribution < -0.4 is 10.1 Å². The molecule has 0 saturated carbocycles. The molecular formula is C17H27FN2O3. The average molecular weight is 326 g/mol. The summed E-state index contributed by atoms with van der Waals surface area (Å²) in [5, 5.41) is 3.29. The van der Waals surface area contributed by atoms with Gasteiger partial charge in [-0.3, -0.25) is 0 Å². The number of carbonyl (C=O) groups excluding carboxylic acids is 1. The highest BCUT2D eigenvalue weighted by Gasteiger charge is 2.19. The fourth-order valence-corrected chi connectivity index (χ4v) is 1.94. The molecule has 1 rings (SSSR count). The van der Waals surface area contributed by atoms with Crippen LogP contribution >= 0.6 is 0 Å². The molecule has 130 valence electrons. The predicted octanol–water partition coefficient (Wildman–Crippen LogP) is 3.35. The third-order valence-corrected chi connectivity index (χ3v) is 3.28. The summed E-state index contributed by atoms with van der Waals surface area (Å²) in [5.41, 5.74) is 0.416. The number of nitrogens with zero attached hydrogens (tertiary/aromatic N) is 1. The highest BCUT2D eigenvalue weighted by Crippen LogP contribution is 2.22. The van der Waals surface area contributed by atoms with E-state index in [0.717, 1.165) is 5.56 Å². The first-order valence-corrected chi connectivity index (χ1v) is 7.65. The molecule has 0 aliphatic rings. The highest BCUT2D eigenvalue weighted by atomic mass is 19.1. The van der Waals surface area contributed by atoms with Crippen molar-refractivity contribution in [2.45, 2.75) is 39.3 Å². The van der Waals surface area contributed by atoms with E-state index in [1.807, 2.05) is 27.7 Å². The molecule has 0 saturated heterocycles. The van der Waals surface area contributed by atoms with Crippen LogP contribution in [0.5, 0.6) is 5.75 Å². The Hall–Kier alpha value is -1.82. The Kier molecular flexibility index (Phi) is 6.81. The minimum Gasteiger partial charge on any atom is -0.494 e. The van der Waals surface area contributed by atoms with Gasteiger partial charge in [-0.25, -0.2) is 9.18 Å². The summed E-state index contributed by atoms with van der Waals surface area (Å²) in [6, 6.07) is 4.79. The van der Waals surface area contributed by atoms with Crippen LogP contribution in [0.1, 0.15) is 39.3 Å². The van der Waals surface area contributed by atoms with Crippen LogP contribution in [0.4, 0.5) is 9.18 Å². The Morgan fingerprint density at radius 3 is 2.61 bits per heavy atom. The van der Waals surface area contributed by atoms with Gasteiger partial charge in [0.15, 0.2) is 11.6 Å². The van der Waals surface area contributed by atoms with Gasteiger partial charge in [0.2, 0.25) is 0 Å². The maximum Gasteiger partial charge on any atom is 0.410 e. The summed E-state index contributed by atoms with van der Waals surface area (Å²) >= 11 is 0. The van der Waals surface area contributed by atoms with Crippen LogP contribution in [0.2, 0.25) is 0 Å². The smallest absolute Gasteiger partial charge is 0.410 e. The van der Waals surface area contributed by atoms with Crippen molar-refractivity contribution in [1.29, 1.82) is 0 Å². The van der Waals surface area contributed by atoms with Crippen LogP contribution in [0.3, 0.4) is 0 Å². The number of methoxy groups -OCH3 is 1. The SMILES string of the molecule is COc1cc(C(C)NCCN(C)C(=O)OC(C)(C)C)ccc1F. The summed E-state index contributed by atoms with van der Waals surface area (Å²) in [4.78, 5) is 13.4. The molecular weight excluding hydrogens is 299 g/mol. The van der Waals surface area contributed by atoms with E-state index in [9.17, 15) is 9.18 Å². The van der Waals surface area contributed by atoms with Gasteiger partial charge in [0.25, 0.3) is 0 Å². The van der Waals surface area contributed by atoms with Crippen molar-refractivity contribution in [1.82, 2.24) is 10.2 Å². The maximum absolute atomic E-state index is 13.4. The molecule has 1 amide bonds. The number of likely N-dealkylation sites (N-methyl/N-ethyl adjacent to an activating group) is 1. The van der Waals surface area contributed by atoms with Gasteiger partial charge in [-0.05, 0) is 45.4 Å². The molecule has 0 aliphatic carbocycles. The molecule has 1 N–H and O–H groups in total. The van der Waals surface area contributed by atoms with Crippen molar-refractivity contribution in [3.05, 3.63) is 29.6 Å². The van der Waals surface area contributed by atoms with Crippen molar-refractivity contribution in [2.24, 2.45) is 0 Å². The van der Waals surface area contributed by atoms with E-state index >= 15 is 0 Å². The van der Waals surface area contributed by atoms with Crippen molar-refractivity contribution in [3.8, 4) is 5.75 Å². The summed E-state index contributed by atoms with van der Waals surface area (Å²) in [6.07, 6.45) is -0.351. The number of ether oxygens (including phenoxy) is 2. The van der Waals surface area contributed by atoms with E-state index in [4.69, 9.17) is 9.47 Å². The number of amides is 1. The Labute approximate surface area is 137 Å².